The number of hydrogen-bond acceptors (Lipinski definition) is 5. The molecule has 0 saturated heterocycles. The molecule has 106 valence electrons. The second kappa shape index (κ2) is 7.58. The standard InChI is InChI=1S/C13H20N2O4/c1-4-14(5-2)8-9-19-13-10-11(15(16)17)6-7-12(13)18-3/h6-7,10H,4-5,8-9H2,1-3H3. The highest BCUT2D eigenvalue weighted by Crippen LogP contribution is 2.30. The molecular formula is C13H20N2O4. The molecule has 19 heavy (non-hydrogen) atoms. The summed E-state index contributed by atoms with van der Waals surface area (Å²) in [6.45, 7) is 7.31. The van der Waals surface area contributed by atoms with Crippen LogP contribution in [-0.4, -0.2) is 43.2 Å². The normalized spacial score (nSPS) is 10.5. The Morgan fingerprint density at radius 2 is 1.95 bits per heavy atom. The fourth-order valence-electron chi connectivity index (χ4n) is 1.72. The first-order valence-electron chi connectivity index (χ1n) is 6.29. The fourth-order valence-corrected chi connectivity index (χ4v) is 1.72. The highest BCUT2D eigenvalue weighted by molar-refractivity contribution is 5.48. The van der Waals surface area contributed by atoms with Gasteiger partial charge in [0.25, 0.3) is 5.69 Å². The molecule has 0 heterocycles. The summed E-state index contributed by atoms with van der Waals surface area (Å²) in [6, 6.07) is 4.34. The van der Waals surface area contributed by atoms with Crippen molar-refractivity contribution in [3.63, 3.8) is 0 Å². The molecule has 0 aromatic heterocycles. The maximum absolute atomic E-state index is 10.7. The number of nitro groups is 1. The third kappa shape index (κ3) is 4.40. The van der Waals surface area contributed by atoms with Gasteiger partial charge in [0, 0.05) is 12.6 Å². The zero-order chi connectivity index (χ0) is 14.3. The van der Waals surface area contributed by atoms with Crippen molar-refractivity contribution in [3.8, 4) is 11.5 Å². The predicted octanol–water partition coefficient (Wildman–Crippen LogP) is 2.32. The van der Waals surface area contributed by atoms with E-state index in [-0.39, 0.29) is 5.69 Å². The van der Waals surface area contributed by atoms with Gasteiger partial charge < -0.3 is 14.4 Å². The van der Waals surface area contributed by atoms with E-state index in [1.165, 1.54) is 19.2 Å². The van der Waals surface area contributed by atoms with Crippen LogP contribution in [-0.2, 0) is 0 Å². The smallest absolute Gasteiger partial charge is 0.273 e. The summed E-state index contributed by atoms with van der Waals surface area (Å²) in [5.74, 6) is 0.911. The molecule has 0 atom stereocenters. The van der Waals surface area contributed by atoms with Gasteiger partial charge in [-0.25, -0.2) is 0 Å². The van der Waals surface area contributed by atoms with Crippen molar-refractivity contribution in [1.82, 2.24) is 4.90 Å². The second-order valence-corrected chi connectivity index (χ2v) is 3.97. The van der Waals surface area contributed by atoms with Gasteiger partial charge in [-0.2, -0.15) is 0 Å². The summed E-state index contributed by atoms with van der Waals surface area (Å²) in [5, 5.41) is 10.7. The molecule has 0 fully saturated rings. The molecule has 1 aromatic rings. The first kappa shape index (κ1) is 15.2. The lowest BCUT2D eigenvalue weighted by Gasteiger charge is -2.18. The van der Waals surface area contributed by atoms with E-state index in [9.17, 15) is 10.1 Å². The zero-order valence-corrected chi connectivity index (χ0v) is 11.6. The van der Waals surface area contributed by atoms with Crippen molar-refractivity contribution in [2.75, 3.05) is 33.4 Å². The van der Waals surface area contributed by atoms with E-state index in [0.717, 1.165) is 19.6 Å². The Balaban J connectivity index is 2.69. The molecule has 0 aliphatic rings. The minimum absolute atomic E-state index is 0.00126. The van der Waals surface area contributed by atoms with Crippen LogP contribution < -0.4 is 9.47 Å². The first-order chi connectivity index (χ1) is 9.12. The van der Waals surface area contributed by atoms with Crippen LogP contribution in [0.3, 0.4) is 0 Å². The maximum Gasteiger partial charge on any atom is 0.273 e. The first-order valence-corrected chi connectivity index (χ1v) is 6.29. The van der Waals surface area contributed by atoms with Gasteiger partial charge in [0.1, 0.15) is 6.61 Å². The van der Waals surface area contributed by atoms with E-state index in [1.807, 2.05) is 0 Å². The Morgan fingerprint density at radius 3 is 2.47 bits per heavy atom. The molecule has 0 aliphatic carbocycles. The average Bonchev–Trinajstić information content (AvgIpc) is 2.43. The molecule has 0 saturated carbocycles. The van der Waals surface area contributed by atoms with Gasteiger partial charge in [0.05, 0.1) is 18.1 Å². The minimum atomic E-state index is -0.448. The Morgan fingerprint density at radius 1 is 1.26 bits per heavy atom. The van der Waals surface area contributed by atoms with Crippen LogP contribution in [0.2, 0.25) is 0 Å². The average molecular weight is 268 g/mol. The van der Waals surface area contributed by atoms with Crippen LogP contribution in [0.4, 0.5) is 5.69 Å². The number of nitro benzene ring substituents is 1. The van der Waals surface area contributed by atoms with Crippen LogP contribution in [0, 0.1) is 10.1 Å². The lowest BCUT2D eigenvalue weighted by Crippen LogP contribution is -2.27. The monoisotopic (exact) mass is 268 g/mol. The van der Waals surface area contributed by atoms with E-state index >= 15 is 0 Å². The highest BCUT2D eigenvalue weighted by atomic mass is 16.6. The molecule has 6 heteroatoms. The van der Waals surface area contributed by atoms with E-state index in [1.54, 1.807) is 6.07 Å². The van der Waals surface area contributed by atoms with Crippen molar-refractivity contribution in [2.24, 2.45) is 0 Å². The van der Waals surface area contributed by atoms with Gasteiger partial charge in [-0.1, -0.05) is 13.8 Å². The van der Waals surface area contributed by atoms with Gasteiger partial charge in [0.15, 0.2) is 11.5 Å². The third-order valence-electron chi connectivity index (χ3n) is 2.92. The number of rotatable bonds is 8. The van der Waals surface area contributed by atoms with Gasteiger partial charge in [-0.05, 0) is 19.2 Å². The SMILES string of the molecule is CCN(CC)CCOc1cc([N+](=O)[O-])ccc1OC. The van der Waals surface area contributed by atoms with Gasteiger partial charge in [-0.15, -0.1) is 0 Å². The fraction of sp³-hybridized carbons (Fsp3) is 0.538. The zero-order valence-electron chi connectivity index (χ0n) is 11.6. The summed E-state index contributed by atoms with van der Waals surface area (Å²) in [5.41, 5.74) is -0.00126. The lowest BCUT2D eigenvalue weighted by atomic mass is 10.3. The summed E-state index contributed by atoms with van der Waals surface area (Å²) < 4.78 is 10.7. The van der Waals surface area contributed by atoms with E-state index < -0.39 is 4.92 Å². The molecule has 0 amide bonds. The predicted molar refractivity (Wildman–Crippen MR) is 72.9 cm³/mol. The van der Waals surface area contributed by atoms with E-state index in [0.29, 0.717) is 18.1 Å². The Kier molecular flexibility index (Phi) is 6.08. The van der Waals surface area contributed by atoms with Crippen molar-refractivity contribution in [2.45, 2.75) is 13.8 Å². The number of non-ortho nitro benzene ring substituents is 1. The van der Waals surface area contributed by atoms with Crippen LogP contribution in [0.5, 0.6) is 11.5 Å². The Labute approximate surface area is 113 Å². The molecule has 6 nitrogen and oxygen atoms in total. The molecule has 0 bridgehead atoms. The molecule has 1 aromatic carbocycles. The number of ether oxygens (including phenoxy) is 2. The number of likely N-dealkylation sites (N-methyl/N-ethyl adjacent to an activating group) is 1. The molecule has 1 rings (SSSR count). The van der Waals surface area contributed by atoms with Gasteiger partial charge in [-0.3, -0.25) is 10.1 Å². The highest BCUT2D eigenvalue weighted by Gasteiger charge is 2.12. The number of hydrogen-bond donors (Lipinski definition) is 0. The minimum Gasteiger partial charge on any atom is -0.493 e. The van der Waals surface area contributed by atoms with Crippen LogP contribution in [0.15, 0.2) is 18.2 Å². The van der Waals surface area contributed by atoms with Crippen LogP contribution in [0.1, 0.15) is 13.8 Å². The topological polar surface area (TPSA) is 64.8 Å². The molecular weight excluding hydrogens is 248 g/mol. The Hall–Kier alpha value is -1.82. The van der Waals surface area contributed by atoms with E-state index in [4.69, 9.17) is 9.47 Å². The largest absolute Gasteiger partial charge is 0.493 e. The summed E-state index contributed by atoms with van der Waals surface area (Å²) >= 11 is 0. The van der Waals surface area contributed by atoms with Gasteiger partial charge >= 0.3 is 0 Å². The van der Waals surface area contributed by atoms with Crippen molar-refractivity contribution in [1.29, 1.82) is 0 Å². The summed E-state index contributed by atoms with van der Waals surface area (Å²) in [4.78, 5) is 12.5. The number of methoxy groups -OCH3 is 1. The molecule has 0 spiro atoms. The van der Waals surface area contributed by atoms with Crippen LogP contribution in [0.25, 0.3) is 0 Å². The van der Waals surface area contributed by atoms with Gasteiger partial charge in [0.2, 0.25) is 0 Å². The molecule has 0 unspecified atom stereocenters. The van der Waals surface area contributed by atoms with E-state index in [2.05, 4.69) is 18.7 Å². The molecule has 0 aliphatic heterocycles. The lowest BCUT2D eigenvalue weighted by molar-refractivity contribution is -0.385. The van der Waals surface area contributed by atoms with Crippen LogP contribution >= 0.6 is 0 Å². The molecule has 0 N–H and O–H groups in total. The third-order valence-corrected chi connectivity index (χ3v) is 2.92. The van der Waals surface area contributed by atoms with Crippen molar-refractivity contribution in [3.05, 3.63) is 28.3 Å². The summed E-state index contributed by atoms with van der Waals surface area (Å²) in [7, 11) is 1.51. The quantitative estimate of drug-likeness (QED) is 0.534. The Bertz CT molecular complexity index is 419. The number of benzene rings is 1. The maximum atomic E-state index is 10.7. The second-order valence-electron chi connectivity index (χ2n) is 3.97. The van der Waals surface area contributed by atoms with Crippen molar-refractivity contribution < 1.29 is 14.4 Å². The summed E-state index contributed by atoms with van der Waals surface area (Å²) in [6.07, 6.45) is 0. The van der Waals surface area contributed by atoms with Crippen molar-refractivity contribution >= 4 is 5.69 Å². The molecule has 0 radical (unpaired) electrons. The number of nitrogens with zero attached hydrogens (tertiary/aromatic N) is 2.